The minimum absolute atomic E-state index is 0.0493. The largest absolute Gasteiger partial charge is 0.497 e. The maximum atomic E-state index is 5.85. The van der Waals surface area contributed by atoms with Crippen LogP contribution >= 0.6 is 0 Å². The fourth-order valence-electron chi connectivity index (χ4n) is 4.76. The number of benzene rings is 1. The Morgan fingerprint density at radius 2 is 2.10 bits per heavy atom. The second kappa shape index (κ2) is 10.2. The molecule has 1 aromatic carbocycles. The standard InChI is InChI=1S/C22H32N6O3/c1-4-9-26-10-12-27(13-11-26)21(19-15-17(29-2)7-8-20(19)30-3)22-23-24-25-28(22)16-18-6-5-14-31-18/h4,7-8,15,18,21H,1,5-6,9-14,16H2,2-3H3/p+2/t18-,21-/m0/s1. The van der Waals surface area contributed by atoms with Crippen LogP contribution in [0.25, 0.3) is 0 Å². The summed E-state index contributed by atoms with van der Waals surface area (Å²) in [5, 5.41) is 12.9. The van der Waals surface area contributed by atoms with Gasteiger partial charge in [-0.1, -0.05) is 6.58 Å². The predicted molar refractivity (Wildman–Crippen MR) is 115 cm³/mol. The number of ether oxygens (including phenoxy) is 3. The van der Waals surface area contributed by atoms with E-state index in [0.29, 0.717) is 6.54 Å². The lowest BCUT2D eigenvalue weighted by Crippen LogP contribution is -3.28. The van der Waals surface area contributed by atoms with Crippen molar-refractivity contribution in [3.63, 3.8) is 0 Å². The van der Waals surface area contributed by atoms with Crippen LogP contribution in [0.4, 0.5) is 0 Å². The van der Waals surface area contributed by atoms with E-state index in [2.05, 4.69) is 28.2 Å². The maximum absolute atomic E-state index is 5.85. The molecular weight excluding hydrogens is 396 g/mol. The first-order valence-electron chi connectivity index (χ1n) is 11.1. The number of nitrogens with one attached hydrogen (secondary N) is 2. The van der Waals surface area contributed by atoms with Gasteiger partial charge in [0.1, 0.15) is 37.7 Å². The number of rotatable bonds is 9. The minimum atomic E-state index is -0.0493. The quantitative estimate of drug-likeness (QED) is 0.493. The van der Waals surface area contributed by atoms with Crippen molar-refractivity contribution in [3.8, 4) is 11.5 Å². The monoisotopic (exact) mass is 430 g/mol. The van der Waals surface area contributed by atoms with Gasteiger partial charge in [-0.3, -0.25) is 0 Å². The predicted octanol–water partition coefficient (Wildman–Crippen LogP) is -1.07. The van der Waals surface area contributed by atoms with Crippen molar-refractivity contribution >= 4 is 0 Å². The van der Waals surface area contributed by atoms with E-state index < -0.39 is 0 Å². The number of piperazine rings is 1. The summed E-state index contributed by atoms with van der Waals surface area (Å²) >= 11 is 0. The molecule has 0 unspecified atom stereocenters. The topological polar surface area (TPSA) is 80.2 Å². The van der Waals surface area contributed by atoms with E-state index in [9.17, 15) is 0 Å². The average Bonchev–Trinajstić information content (AvgIpc) is 3.48. The molecule has 31 heavy (non-hydrogen) atoms. The van der Waals surface area contributed by atoms with Crippen LogP contribution in [0.3, 0.4) is 0 Å². The molecule has 1 aromatic heterocycles. The Labute approximate surface area is 183 Å². The minimum Gasteiger partial charge on any atom is -0.497 e. The first-order chi connectivity index (χ1) is 15.2. The highest BCUT2D eigenvalue weighted by Crippen LogP contribution is 2.31. The summed E-state index contributed by atoms with van der Waals surface area (Å²) in [6, 6.07) is 5.90. The molecular formula is C22H34N6O3+2. The van der Waals surface area contributed by atoms with Gasteiger partial charge in [0.25, 0.3) is 0 Å². The van der Waals surface area contributed by atoms with Gasteiger partial charge in [0.15, 0.2) is 6.04 Å². The highest BCUT2D eigenvalue weighted by Gasteiger charge is 2.38. The number of nitrogens with zero attached hydrogens (tertiary/aromatic N) is 4. The first-order valence-corrected chi connectivity index (χ1v) is 11.1. The molecule has 0 radical (unpaired) electrons. The Hall–Kier alpha value is -2.49. The molecule has 0 saturated carbocycles. The second-order valence-electron chi connectivity index (χ2n) is 8.30. The molecule has 4 rings (SSSR count). The molecule has 3 heterocycles. The number of hydrogen-bond acceptors (Lipinski definition) is 6. The smallest absolute Gasteiger partial charge is 0.214 e. The molecule has 2 fully saturated rings. The molecule has 0 aliphatic carbocycles. The van der Waals surface area contributed by atoms with E-state index in [-0.39, 0.29) is 12.1 Å². The average molecular weight is 431 g/mol. The van der Waals surface area contributed by atoms with Crippen molar-refractivity contribution in [2.45, 2.75) is 31.5 Å². The highest BCUT2D eigenvalue weighted by atomic mass is 16.5. The van der Waals surface area contributed by atoms with Crippen LogP contribution in [-0.4, -0.2) is 79.9 Å². The molecule has 0 bridgehead atoms. The Bertz CT molecular complexity index is 859. The van der Waals surface area contributed by atoms with Crippen LogP contribution in [0.15, 0.2) is 30.9 Å². The van der Waals surface area contributed by atoms with E-state index >= 15 is 0 Å². The van der Waals surface area contributed by atoms with Gasteiger partial charge in [0.05, 0.1) is 39.0 Å². The Morgan fingerprint density at radius 3 is 2.77 bits per heavy atom. The molecule has 2 N–H and O–H groups in total. The van der Waals surface area contributed by atoms with E-state index in [0.717, 1.165) is 75.1 Å². The first kappa shape index (κ1) is 21.7. The molecule has 168 valence electrons. The summed E-state index contributed by atoms with van der Waals surface area (Å²) in [5.41, 5.74) is 1.05. The molecule has 9 heteroatoms. The van der Waals surface area contributed by atoms with Crippen LogP contribution in [0.2, 0.25) is 0 Å². The molecule has 0 spiro atoms. The van der Waals surface area contributed by atoms with Crippen molar-refractivity contribution in [3.05, 3.63) is 42.2 Å². The Kier molecular flexibility index (Phi) is 7.16. The van der Waals surface area contributed by atoms with Gasteiger partial charge in [-0.2, -0.15) is 0 Å². The molecule has 2 aliphatic rings. The van der Waals surface area contributed by atoms with Crippen molar-refractivity contribution in [2.75, 3.05) is 53.6 Å². The van der Waals surface area contributed by atoms with Crippen molar-refractivity contribution in [1.82, 2.24) is 20.2 Å². The second-order valence-corrected chi connectivity index (χ2v) is 8.30. The number of aromatic nitrogens is 4. The van der Waals surface area contributed by atoms with Crippen LogP contribution in [0, 0.1) is 0 Å². The lowest BCUT2D eigenvalue weighted by molar-refractivity contribution is -1.02. The van der Waals surface area contributed by atoms with Gasteiger partial charge in [-0.15, -0.1) is 5.10 Å². The summed E-state index contributed by atoms with van der Waals surface area (Å²) in [4.78, 5) is 3.00. The third-order valence-electron chi connectivity index (χ3n) is 6.41. The summed E-state index contributed by atoms with van der Waals surface area (Å²) in [7, 11) is 3.39. The van der Waals surface area contributed by atoms with Gasteiger partial charge in [-0.25, -0.2) is 4.68 Å². The third kappa shape index (κ3) is 4.89. The molecule has 2 atom stereocenters. The summed E-state index contributed by atoms with van der Waals surface area (Å²) in [6.07, 6.45) is 4.31. The van der Waals surface area contributed by atoms with Crippen LogP contribution in [-0.2, 0) is 11.3 Å². The van der Waals surface area contributed by atoms with Crippen molar-refractivity contribution in [1.29, 1.82) is 0 Å². The number of methoxy groups -OCH3 is 2. The number of hydrogen-bond donors (Lipinski definition) is 2. The van der Waals surface area contributed by atoms with E-state index in [1.807, 2.05) is 22.9 Å². The zero-order chi connectivity index (χ0) is 21.6. The molecule has 0 amide bonds. The van der Waals surface area contributed by atoms with Crippen LogP contribution < -0.4 is 19.3 Å². The fraction of sp³-hybridized carbons (Fsp3) is 0.591. The summed E-state index contributed by atoms with van der Waals surface area (Å²) < 4.78 is 19.1. The van der Waals surface area contributed by atoms with Crippen molar-refractivity contribution in [2.24, 2.45) is 0 Å². The highest BCUT2D eigenvalue weighted by molar-refractivity contribution is 5.43. The van der Waals surface area contributed by atoms with E-state index in [4.69, 9.17) is 14.2 Å². The summed E-state index contributed by atoms with van der Waals surface area (Å²) in [6.45, 7) is 10.6. The number of quaternary nitrogens is 2. The lowest BCUT2D eigenvalue weighted by Gasteiger charge is -2.34. The third-order valence-corrected chi connectivity index (χ3v) is 6.41. The fourth-order valence-corrected chi connectivity index (χ4v) is 4.76. The molecule has 2 saturated heterocycles. The van der Waals surface area contributed by atoms with E-state index in [1.54, 1.807) is 19.1 Å². The van der Waals surface area contributed by atoms with Crippen LogP contribution in [0.1, 0.15) is 30.3 Å². The van der Waals surface area contributed by atoms with Crippen molar-refractivity contribution < 1.29 is 24.0 Å². The normalized spacial score (nSPS) is 24.6. The van der Waals surface area contributed by atoms with Gasteiger partial charge in [0.2, 0.25) is 5.82 Å². The van der Waals surface area contributed by atoms with Gasteiger partial charge in [0, 0.05) is 6.61 Å². The lowest BCUT2D eigenvalue weighted by atomic mass is 10.0. The summed E-state index contributed by atoms with van der Waals surface area (Å²) in [5.74, 6) is 2.48. The van der Waals surface area contributed by atoms with Gasteiger partial charge in [-0.05, 0) is 47.5 Å². The van der Waals surface area contributed by atoms with Gasteiger partial charge >= 0.3 is 0 Å². The Morgan fingerprint density at radius 1 is 1.26 bits per heavy atom. The zero-order valence-electron chi connectivity index (χ0n) is 18.5. The molecule has 2 aliphatic heterocycles. The molecule has 9 nitrogen and oxygen atoms in total. The van der Waals surface area contributed by atoms with Gasteiger partial charge < -0.3 is 24.0 Å². The van der Waals surface area contributed by atoms with Crippen LogP contribution in [0.5, 0.6) is 11.5 Å². The number of tetrazole rings is 1. The maximum Gasteiger partial charge on any atom is 0.214 e. The molecule has 2 aromatic rings. The zero-order valence-corrected chi connectivity index (χ0v) is 18.5. The Balaban J connectivity index is 1.69. The SMILES string of the molecule is C=CC[NH+]1CC[NH+]([C@@H](c2cc(OC)ccc2OC)c2nnnn2C[C@@H]2CCCO2)CC1. The van der Waals surface area contributed by atoms with E-state index in [1.165, 1.54) is 4.90 Å².